The first kappa shape index (κ1) is 22.5. The van der Waals surface area contributed by atoms with Crippen LogP contribution < -0.4 is 4.74 Å². The quantitative estimate of drug-likeness (QED) is 0.334. The summed E-state index contributed by atoms with van der Waals surface area (Å²) in [7, 11) is 0. The van der Waals surface area contributed by atoms with Crippen LogP contribution in [-0.4, -0.2) is 21.1 Å². The van der Waals surface area contributed by atoms with Gasteiger partial charge in [0.15, 0.2) is 5.69 Å². The van der Waals surface area contributed by atoms with Crippen molar-refractivity contribution in [3.63, 3.8) is 0 Å². The second-order valence-electron chi connectivity index (χ2n) is 7.38. The number of hydrogen-bond donors (Lipinski definition) is 1. The largest absolute Gasteiger partial charge is 0.573 e. The molecule has 0 fully saturated rings. The van der Waals surface area contributed by atoms with Crippen molar-refractivity contribution >= 4 is 0 Å². The molecule has 0 bridgehead atoms. The van der Waals surface area contributed by atoms with Crippen molar-refractivity contribution in [2.75, 3.05) is 0 Å². The number of aromatic amines is 1. The molecule has 172 valence electrons. The van der Waals surface area contributed by atoms with Crippen LogP contribution in [0.4, 0.5) is 26.3 Å². The van der Waals surface area contributed by atoms with Gasteiger partial charge in [-0.2, -0.15) is 18.3 Å². The molecule has 0 spiro atoms. The Kier molecular flexibility index (Phi) is 5.69. The fourth-order valence-electron chi connectivity index (χ4n) is 3.47. The van der Waals surface area contributed by atoms with Gasteiger partial charge in [-0.25, -0.2) is 4.68 Å². The molecule has 4 aromatic rings. The van der Waals surface area contributed by atoms with Crippen LogP contribution in [0.15, 0.2) is 66.9 Å². The topological polar surface area (TPSA) is 42.8 Å². The van der Waals surface area contributed by atoms with Crippen LogP contribution >= 0.6 is 0 Å². The number of aryl methyl sites for hydroxylation is 1. The highest BCUT2D eigenvalue weighted by Crippen LogP contribution is 2.34. The lowest BCUT2D eigenvalue weighted by Gasteiger charge is -2.12. The van der Waals surface area contributed by atoms with Gasteiger partial charge in [-0.3, -0.25) is 0 Å². The summed E-state index contributed by atoms with van der Waals surface area (Å²) in [5, 5.41) is 3.63. The number of nitrogens with zero attached hydrogens (tertiary/aromatic N) is 2. The van der Waals surface area contributed by atoms with E-state index < -0.39 is 18.2 Å². The van der Waals surface area contributed by atoms with Gasteiger partial charge in [-0.1, -0.05) is 30.3 Å². The van der Waals surface area contributed by atoms with Crippen molar-refractivity contribution in [3.8, 4) is 22.6 Å². The van der Waals surface area contributed by atoms with E-state index in [-0.39, 0.29) is 5.75 Å². The van der Waals surface area contributed by atoms with E-state index in [1.165, 1.54) is 29.8 Å². The smallest absolute Gasteiger partial charge is 0.405 e. The summed E-state index contributed by atoms with van der Waals surface area (Å²) < 4.78 is 82.0. The number of hydrogen-bond acceptors (Lipinski definition) is 2. The minimum Gasteiger partial charge on any atom is -0.405 e. The Morgan fingerprint density at radius 1 is 0.939 bits per heavy atom. The second-order valence-corrected chi connectivity index (χ2v) is 7.38. The number of ether oxygens (including phenoxy) is 1. The minimum atomic E-state index is -4.80. The molecule has 0 aliphatic heterocycles. The Balaban J connectivity index is 1.52. The number of para-hydroxylation sites is 1. The van der Waals surface area contributed by atoms with E-state index in [4.69, 9.17) is 0 Å². The highest BCUT2D eigenvalue weighted by atomic mass is 19.4. The van der Waals surface area contributed by atoms with E-state index in [0.29, 0.717) is 28.9 Å². The average molecular weight is 465 g/mol. The number of halogens is 6. The van der Waals surface area contributed by atoms with Gasteiger partial charge in [0.05, 0.1) is 5.69 Å². The molecule has 0 aliphatic carbocycles. The number of benzene rings is 2. The van der Waals surface area contributed by atoms with Gasteiger partial charge in [-0.05, 0) is 42.8 Å². The molecule has 2 aromatic heterocycles. The first-order valence-electron chi connectivity index (χ1n) is 9.75. The van der Waals surface area contributed by atoms with Crippen LogP contribution in [-0.2, 0) is 12.6 Å². The standard InChI is InChI=1S/C23H17F6N3O/c1-14-10-21(22(24,25)26)31-32(14)18-8-6-15(7-9-18)11-17-12-16(13-30-17)19-4-2-3-5-20(19)33-23(27,28)29/h2-10,12-13,30H,11H2,1H3. The van der Waals surface area contributed by atoms with Crippen LogP contribution in [0.3, 0.4) is 0 Å². The summed E-state index contributed by atoms with van der Waals surface area (Å²) in [5.41, 5.74) is 2.30. The van der Waals surface area contributed by atoms with E-state index in [1.807, 2.05) is 0 Å². The average Bonchev–Trinajstić information content (AvgIpc) is 3.34. The molecule has 0 radical (unpaired) electrons. The molecule has 2 aromatic carbocycles. The van der Waals surface area contributed by atoms with Gasteiger partial charge in [0.1, 0.15) is 5.75 Å². The zero-order valence-electron chi connectivity index (χ0n) is 17.1. The summed E-state index contributed by atoms with van der Waals surface area (Å²) in [6.07, 6.45) is -7.29. The lowest BCUT2D eigenvalue weighted by Crippen LogP contribution is -2.17. The Morgan fingerprint density at radius 2 is 1.64 bits per heavy atom. The molecule has 0 unspecified atom stereocenters. The minimum absolute atomic E-state index is 0.294. The summed E-state index contributed by atoms with van der Waals surface area (Å²) in [6, 6.07) is 15.4. The zero-order valence-corrected chi connectivity index (χ0v) is 17.1. The van der Waals surface area contributed by atoms with Crippen LogP contribution in [0, 0.1) is 6.92 Å². The van der Waals surface area contributed by atoms with Crippen molar-refractivity contribution in [3.05, 3.63) is 89.5 Å². The van der Waals surface area contributed by atoms with E-state index in [1.54, 1.807) is 42.6 Å². The lowest BCUT2D eigenvalue weighted by atomic mass is 10.1. The molecule has 4 nitrogen and oxygen atoms in total. The van der Waals surface area contributed by atoms with Gasteiger partial charge < -0.3 is 9.72 Å². The monoisotopic (exact) mass is 465 g/mol. The maximum Gasteiger partial charge on any atom is 0.573 e. The first-order chi connectivity index (χ1) is 15.5. The third-order valence-corrected chi connectivity index (χ3v) is 4.92. The maximum atomic E-state index is 12.9. The third-order valence-electron chi connectivity index (χ3n) is 4.92. The molecular formula is C23H17F6N3O. The summed E-state index contributed by atoms with van der Waals surface area (Å²) in [5.74, 6) is -0.298. The third kappa shape index (κ3) is 5.21. The molecule has 2 heterocycles. The normalized spacial score (nSPS) is 12.2. The van der Waals surface area contributed by atoms with Crippen molar-refractivity contribution in [1.82, 2.24) is 14.8 Å². The summed E-state index contributed by atoms with van der Waals surface area (Å²) in [6.45, 7) is 1.54. The lowest BCUT2D eigenvalue weighted by molar-refractivity contribution is -0.274. The number of aromatic nitrogens is 3. The maximum absolute atomic E-state index is 12.9. The number of alkyl halides is 6. The van der Waals surface area contributed by atoms with Crippen LogP contribution in [0.25, 0.3) is 16.8 Å². The number of nitrogens with one attached hydrogen (secondary N) is 1. The van der Waals surface area contributed by atoms with Gasteiger partial charge in [0.2, 0.25) is 0 Å². The molecule has 0 saturated carbocycles. The molecule has 0 saturated heterocycles. The highest BCUT2D eigenvalue weighted by molar-refractivity contribution is 5.70. The summed E-state index contributed by atoms with van der Waals surface area (Å²) in [4.78, 5) is 3.04. The molecule has 0 aliphatic rings. The van der Waals surface area contributed by atoms with Gasteiger partial charge in [0, 0.05) is 35.1 Å². The Morgan fingerprint density at radius 3 is 2.27 bits per heavy atom. The van der Waals surface area contributed by atoms with Gasteiger partial charge in [-0.15, -0.1) is 13.2 Å². The predicted molar refractivity (Wildman–Crippen MR) is 109 cm³/mol. The molecule has 0 amide bonds. The molecule has 0 atom stereocenters. The Labute approximate surface area is 184 Å². The van der Waals surface area contributed by atoms with Crippen LogP contribution in [0.1, 0.15) is 22.6 Å². The highest BCUT2D eigenvalue weighted by Gasteiger charge is 2.34. The number of H-pyrrole nitrogens is 1. The fraction of sp³-hybridized carbons (Fsp3) is 0.174. The van der Waals surface area contributed by atoms with Gasteiger partial charge in [0.25, 0.3) is 0 Å². The van der Waals surface area contributed by atoms with Crippen molar-refractivity contribution in [2.45, 2.75) is 25.9 Å². The van der Waals surface area contributed by atoms with Crippen LogP contribution in [0.5, 0.6) is 5.75 Å². The zero-order chi connectivity index (χ0) is 23.8. The molecule has 33 heavy (non-hydrogen) atoms. The summed E-state index contributed by atoms with van der Waals surface area (Å²) >= 11 is 0. The SMILES string of the molecule is Cc1cc(C(F)(F)F)nn1-c1ccc(Cc2cc(-c3ccccc3OC(F)(F)F)c[nH]2)cc1. The Hall–Kier alpha value is -3.69. The van der Waals surface area contributed by atoms with Crippen molar-refractivity contribution in [1.29, 1.82) is 0 Å². The molecule has 10 heteroatoms. The van der Waals surface area contributed by atoms with Gasteiger partial charge >= 0.3 is 12.5 Å². The number of rotatable bonds is 5. The molecule has 4 rings (SSSR count). The predicted octanol–water partition coefficient (Wildman–Crippen LogP) is 6.68. The Bertz CT molecular complexity index is 1250. The van der Waals surface area contributed by atoms with Crippen LogP contribution in [0.2, 0.25) is 0 Å². The van der Waals surface area contributed by atoms with E-state index in [2.05, 4.69) is 14.8 Å². The second kappa shape index (κ2) is 8.34. The fourth-order valence-corrected chi connectivity index (χ4v) is 3.47. The molecule has 1 N–H and O–H groups in total. The van der Waals surface area contributed by atoms with Crippen molar-refractivity contribution < 1.29 is 31.1 Å². The van der Waals surface area contributed by atoms with Crippen molar-refractivity contribution in [2.24, 2.45) is 0 Å². The first-order valence-corrected chi connectivity index (χ1v) is 9.75. The van der Waals surface area contributed by atoms with E-state index >= 15 is 0 Å². The van der Waals surface area contributed by atoms with E-state index in [9.17, 15) is 26.3 Å². The van der Waals surface area contributed by atoms with E-state index in [0.717, 1.165) is 17.3 Å². The molecular weight excluding hydrogens is 448 g/mol.